The normalized spacial score (nSPS) is 10.6. The van der Waals surface area contributed by atoms with Crippen LogP contribution >= 0.6 is 11.8 Å². The van der Waals surface area contributed by atoms with Gasteiger partial charge < -0.3 is 5.32 Å². The molecule has 2 aromatic carbocycles. The summed E-state index contributed by atoms with van der Waals surface area (Å²) in [6, 6.07) is 10.9. The molecule has 0 aliphatic heterocycles. The smallest absolute Gasteiger partial charge is 0.308 e. The maximum absolute atomic E-state index is 12.2. The number of rotatable bonds is 5. The number of amides is 3. The average molecular weight is 411 g/mol. The van der Waals surface area contributed by atoms with E-state index in [0.29, 0.717) is 10.8 Å². The first-order valence-electron chi connectivity index (χ1n) is 9.01. The minimum atomic E-state index is -0.576. The summed E-state index contributed by atoms with van der Waals surface area (Å²) in [5.74, 6) is -0.432. The number of imide groups is 1. The highest BCUT2D eigenvalue weighted by Crippen LogP contribution is 2.23. The molecule has 0 aliphatic carbocycles. The number of carbonyl (C=O) groups excluding carboxylic acids is 2. The van der Waals surface area contributed by atoms with Gasteiger partial charge in [0, 0.05) is 5.69 Å². The van der Waals surface area contributed by atoms with Crippen molar-refractivity contribution >= 4 is 29.4 Å². The number of nitrogens with zero attached hydrogens (tertiary/aromatic N) is 4. The molecular weight excluding hydrogens is 388 g/mol. The van der Waals surface area contributed by atoms with Gasteiger partial charge in [-0.05, 0) is 72.5 Å². The van der Waals surface area contributed by atoms with Crippen molar-refractivity contribution < 1.29 is 9.59 Å². The van der Waals surface area contributed by atoms with Crippen LogP contribution in [0.5, 0.6) is 0 Å². The Balaban J connectivity index is 1.60. The van der Waals surface area contributed by atoms with Gasteiger partial charge in [0.05, 0.1) is 11.4 Å². The number of thioether (sulfide) groups is 1. The highest BCUT2D eigenvalue weighted by Gasteiger charge is 2.16. The van der Waals surface area contributed by atoms with E-state index in [0.717, 1.165) is 39.7 Å². The van der Waals surface area contributed by atoms with E-state index in [1.807, 2.05) is 58.0 Å². The molecule has 2 N–H and O–H groups in total. The Kier molecular flexibility index (Phi) is 6.28. The number of carbonyl (C=O) groups is 2. The van der Waals surface area contributed by atoms with E-state index in [-0.39, 0.29) is 5.75 Å². The van der Waals surface area contributed by atoms with Crippen LogP contribution in [0.15, 0.2) is 41.6 Å². The summed E-state index contributed by atoms with van der Waals surface area (Å²) in [7, 11) is 0. The molecule has 29 heavy (non-hydrogen) atoms. The lowest BCUT2D eigenvalue weighted by molar-refractivity contribution is -0.117. The molecule has 0 fully saturated rings. The number of hydrogen-bond acceptors (Lipinski definition) is 6. The summed E-state index contributed by atoms with van der Waals surface area (Å²) in [5.41, 5.74) is 5.75. The maximum atomic E-state index is 12.2. The van der Waals surface area contributed by atoms with Gasteiger partial charge in [-0.25, -0.2) is 4.79 Å². The third kappa shape index (κ3) is 5.00. The first-order valence-corrected chi connectivity index (χ1v) is 9.99. The first kappa shape index (κ1) is 20.5. The summed E-state index contributed by atoms with van der Waals surface area (Å²) in [6.45, 7) is 7.90. The molecule has 0 spiro atoms. The molecule has 9 heteroatoms. The predicted molar refractivity (Wildman–Crippen MR) is 112 cm³/mol. The lowest BCUT2D eigenvalue weighted by Gasteiger charge is -2.11. The van der Waals surface area contributed by atoms with E-state index in [9.17, 15) is 9.59 Å². The number of aromatic nitrogens is 4. The minimum absolute atomic E-state index is 0.00560. The van der Waals surface area contributed by atoms with Crippen LogP contribution in [0, 0.1) is 27.7 Å². The monoisotopic (exact) mass is 410 g/mol. The standard InChI is InChI=1S/C20H22N6O2S/c1-12-8-9-16(10-15(12)4)21-19(28)22-17(27)11-29-20-23-24-25-26(20)18-13(2)6-5-7-14(18)3/h5-10H,11H2,1-4H3,(H2,21,22,27,28). The molecule has 1 aromatic heterocycles. The fourth-order valence-electron chi connectivity index (χ4n) is 2.82. The number of aryl methyl sites for hydroxylation is 4. The molecule has 1 heterocycles. The summed E-state index contributed by atoms with van der Waals surface area (Å²) in [6.07, 6.45) is 0. The van der Waals surface area contributed by atoms with Crippen LogP contribution < -0.4 is 10.6 Å². The van der Waals surface area contributed by atoms with E-state index in [1.165, 1.54) is 0 Å². The van der Waals surface area contributed by atoms with E-state index < -0.39 is 11.9 Å². The highest BCUT2D eigenvalue weighted by atomic mass is 32.2. The second kappa shape index (κ2) is 8.87. The second-order valence-electron chi connectivity index (χ2n) is 6.70. The Morgan fingerprint density at radius 3 is 2.41 bits per heavy atom. The van der Waals surface area contributed by atoms with Gasteiger partial charge in [-0.2, -0.15) is 4.68 Å². The fraction of sp³-hybridized carbons (Fsp3) is 0.250. The van der Waals surface area contributed by atoms with Crippen LogP contribution in [-0.2, 0) is 4.79 Å². The molecule has 3 aromatic rings. The van der Waals surface area contributed by atoms with E-state index in [2.05, 4.69) is 26.2 Å². The van der Waals surface area contributed by atoms with Gasteiger partial charge in [0.15, 0.2) is 0 Å². The third-order valence-electron chi connectivity index (χ3n) is 4.44. The number of tetrazole rings is 1. The van der Waals surface area contributed by atoms with E-state index in [1.54, 1.807) is 10.7 Å². The molecule has 150 valence electrons. The number of urea groups is 1. The Labute approximate surface area is 173 Å². The molecule has 0 unspecified atom stereocenters. The van der Waals surface area contributed by atoms with E-state index >= 15 is 0 Å². The van der Waals surface area contributed by atoms with Gasteiger partial charge in [0.25, 0.3) is 0 Å². The number of anilines is 1. The molecule has 0 saturated heterocycles. The van der Waals surface area contributed by atoms with Crippen molar-refractivity contribution in [1.82, 2.24) is 25.5 Å². The first-order chi connectivity index (χ1) is 13.8. The van der Waals surface area contributed by atoms with Crippen molar-refractivity contribution in [1.29, 1.82) is 0 Å². The lowest BCUT2D eigenvalue weighted by atomic mass is 10.1. The minimum Gasteiger partial charge on any atom is -0.308 e. The van der Waals surface area contributed by atoms with Crippen molar-refractivity contribution in [3.05, 3.63) is 58.7 Å². The van der Waals surface area contributed by atoms with Crippen molar-refractivity contribution in [3.63, 3.8) is 0 Å². The van der Waals surface area contributed by atoms with Gasteiger partial charge >= 0.3 is 6.03 Å². The molecule has 3 amide bonds. The van der Waals surface area contributed by atoms with Gasteiger partial charge in [-0.3, -0.25) is 10.1 Å². The summed E-state index contributed by atoms with van der Waals surface area (Å²) in [5, 5.41) is 17.2. The SMILES string of the molecule is Cc1ccc(NC(=O)NC(=O)CSc2nnnn2-c2c(C)cccc2C)cc1C. The number of para-hydroxylation sites is 1. The zero-order valence-corrected chi connectivity index (χ0v) is 17.5. The lowest BCUT2D eigenvalue weighted by Crippen LogP contribution is -2.35. The van der Waals surface area contributed by atoms with Gasteiger partial charge in [0.2, 0.25) is 11.1 Å². The molecule has 8 nitrogen and oxygen atoms in total. The van der Waals surface area contributed by atoms with Gasteiger partial charge in [-0.1, -0.05) is 36.0 Å². The number of hydrogen-bond donors (Lipinski definition) is 2. The summed E-state index contributed by atoms with van der Waals surface area (Å²) in [4.78, 5) is 24.2. The Hall–Kier alpha value is -3.20. The predicted octanol–water partition coefficient (Wildman–Crippen LogP) is 3.34. The summed E-state index contributed by atoms with van der Waals surface area (Å²) >= 11 is 1.16. The fourth-order valence-corrected chi connectivity index (χ4v) is 3.50. The van der Waals surface area contributed by atoms with Crippen LogP contribution in [0.2, 0.25) is 0 Å². The Morgan fingerprint density at radius 1 is 1.00 bits per heavy atom. The molecule has 0 radical (unpaired) electrons. The third-order valence-corrected chi connectivity index (χ3v) is 5.36. The zero-order valence-electron chi connectivity index (χ0n) is 16.7. The van der Waals surface area contributed by atoms with Crippen LogP contribution in [-0.4, -0.2) is 37.9 Å². The van der Waals surface area contributed by atoms with Crippen LogP contribution in [0.3, 0.4) is 0 Å². The van der Waals surface area contributed by atoms with Crippen LogP contribution in [0.1, 0.15) is 22.3 Å². The quantitative estimate of drug-likeness (QED) is 0.626. The van der Waals surface area contributed by atoms with E-state index in [4.69, 9.17) is 0 Å². The zero-order chi connectivity index (χ0) is 21.0. The Morgan fingerprint density at radius 2 is 1.72 bits per heavy atom. The molecule has 0 saturated carbocycles. The van der Waals surface area contributed by atoms with Crippen molar-refractivity contribution in [2.75, 3.05) is 11.1 Å². The van der Waals surface area contributed by atoms with Crippen molar-refractivity contribution in [3.8, 4) is 5.69 Å². The maximum Gasteiger partial charge on any atom is 0.325 e. The number of benzene rings is 2. The topological polar surface area (TPSA) is 102 Å². The van der Waals surface area contributed by atoms with Gasteiger partial charge in [-0.15, -0.1) is 5.10 Å². The van der Waals surface area contributed by atoms with Crippen LogP contribution in [0.4, 0.5) is 10.5 Å². The molecule has 3 rings (SSSR count). The summed E-state index contributed by atoms with van der Waals surface area (Å²) < 4.78 is 1.61. The van der Waals surface area contributed by atoms with Crippen LogP contribution in [0.25, 0.3) is 5.69 Å². The molecule has 0 atom stereocenters. The molecule has 0 aliphatic rings. The largest absolute Gasteiger partial charge is 0.325 e. The molecular formula is C20H22N6O2S. The Bertz CT molecular complexity index is 1040. The molecule has 0 bridgehead atoms. The van der Waals surface area contributed by atoms with Crippen molar-refractivity contribution in [2.45, 2.75) is 32.9 Å². The second-order valence-corrected chi connectivity index (χ2v) is 7.65. The average Bonchev–Trinajstić information content (AvgIpc) is 3.11. The van der Waals surface area contributed by atoms with Gasteiger partial charge in [0.1, 0.15) is 0 Å². The number of nitrogens with one attached hydrogen (secondary N) is 2. The highest BCUT2D eigenvalue weighted by molar-refractivity contribution is 7.99. The van der Waals surface area contributed by atoms with Crippen molar-refractivity contribution in [2.24, 2.45) is 0 Å².